The van der Waals surface area contributed by atoms with Crippen LogP contribution >= 0.6 is 0 Å². The molecule has 0 aliphatic heterocycles. The van der Waals surface area contributed by atoms with E-state index in [1.54, 1.807) is 11.0 Å². The molecule has 0 atom stereocenters. The molecule has 0 amide bonds. The average molecular weight is 188 g/mol. The fourth-order valence-corrected chi connectivity index (χ4v) is 1.37. The van der Waals surface area contributed by atoms with Gasteiger partial charge >= 0.3 is 0 Å². The summed E-state index contributed by atoms with van der Waals surface area (Å²) in [6.07, 6.45) is 1.55. The van der Waals surface area contributed by atoms with E-state index in [9.17, 15) is 0 Å². The Morgan fingerprint density at radius 2 is 2.29 bits per heavy atom. The Morgan fingerprint density at radius 1 is 1.43 bits per heavy atom. The lowest BCUT2D eigenvalue weighted by atomic mass is 10.2. The number of hydrogen-bond donors (Lipinski definition) is 1. The summed E-state index contributed by atoms with van der Waals surface area (Å²) in [5.74, 6) is 0.874. The molecule has 0 spiro atoms. The third kappa shape index (κ3) is 1.52. The minimum atomic E-state index is 0.543. The number of aryl methyl sites for hydroxylation is 1. The SMILES string of the molecule is Cc1ncnn1-c1cccc(CN)c1. The van der Waals surface area contributed by atoms with Gasteiger partial charge in [0.1, 0.15) is 12.2 Å². The molecule has 1 aromatic heterocycles. The maximum atomic E-state index is 5.56. The minimum Gasteiger partial charge on any atom is -0.326 e. The third-order valence-corrected chi connectivity index (χ3v) is 2.11. The van der Waals surface area contributed by atoms with Crippen LogP contribution in [0, 0.1) is 6.92 Å². The van der Waals surface area contributed by atoms with E-state index in [0.29, 0.717) is 6.54 Å². The molecule has 0 fully saturated rings. The largest absolute Gasteiger partial charge is 0.326 e. The fourth-order valence-electron chi connectivity index (χ4n) is 1.37. The Hall–Kier alpha value is -1.68. The van der Waals surface area contributed by atoms with Crippen molar-refractivity contribution in [2.45, 2.75) is 13.5 Å². The maximum Gasteiger partial charge on any atom is 0.138 e. The van der Waals surface area contributed by atoms with Gasteiger partial charge in [-0.25, -0.2) is 9.67 Å². The van der Waals surface area contributed by atoms with Gasteiger partial charge in [-0.1, -0.05) is 12.1 Å². The number of benzene rings is 1. The Morgan fingerprint density at radius 3 is 2.93 bits per heavy atom. The van der Waals surface area contributed by atoms with Gasteiger partial charge in [0.15, 0.2) is 0 Å². The Bertz CT molecular complexity index is 433. The van der Waals surface area contributed by atoms with Crippen molar-refractivity contribution in [3.63, 3.8) is 0 Å². The van der Waals surface area contributed by atoms with Crippen molar-refractivity contribution in [2.24, 2.45) is 5.73 Å². The molecule has 14 heavy (non-hydrogen) atoms. The molecule has 0 aliphatic rings. The third-order valence-electron chi connectivity index (χ3n) is 2.11. The van der Waals surface area contributed by atoms with E-state index in [-0.39, 0.29) is 0 Å². The zero-order valence-electron chi connectivity index (χ0n) is 8.01. The highest BCUT2D eigenvalue weighted by Crippen LogP contribution is 2.10. The van der Waals surface area contributed by atoms with Crippen LogP contribution < -0.4 is 5.73 Å². The number of nitrogens with zero attached hydrogens (tertiary/aromatic N) is 3. The lowest BCUT2D eigenvalue weighted by Crippen LogP contribution is -2.02. The molecular formula is C10H12N4. The molecule has 0 aliphatic carbocycles. The second-order valence-electron chi connectivity index (χ2n) is 3.09. The molecule has 1 aromatic carbocycles. The molecule has 0 unspecified atom stereocenters. The highest BCUT2D eigenvalue weighted by molar-refractivity contribution is 5.35. The highest BCUT2D eigenvalue weighted by Gasteiger charge is 2.01. The van der Waals surface area contributed by atoms with Gasteiger partial charge in [0, 0.05) is 6.54 Å². The number of rotatable bonds is 2. The first-order valence-electron chi connectivity index (χ1n) is 4.47. The number of hydrogen-bond acceptors (Lipinski definition) is 3. The van der Waals surface area contributed by atoms with Gasteiger partial charge in [0.25, 0.3) is 0 Å². The van der Waals surface area contributed by atoms with Crippen LogP contribution in [-0.4, -0.2) is 14.8 Å². The lowest BCUT2D eigenvalue weighted by molar-refractivity contribution is 0.837. The summed E-state index contributed by atoms with van der Waals surface area (Å²) < 4.78 is 1.79. The van der Waals surface area contributed by atoms with Crippen LogP contribution in [0.5, 0.6) is 0 Å². The first-order valence-corrected chi connectivity index (χ1v) is 4.47. The summed E-state index contributed by atoms with van der Waals surface area (Å²) in [7, 11) is 0. The van der Waals surface area contributed by atoms with Gasteiger partial charge in [0.05, 0.1) is 5.69 Å². The van der Waals surface area contributed by atoms with Crippen molar-refractivity contribution in [1.82, 2.24) is 14.8 Å². The van der Waals surface area contributed by atoms with Crippen molar-refractivity contribution in [3.8, 4) is 5.69 Å². The summed E-state index contributed by atoms with van der Waals surface area (Å²) in [4.78, 5) is 4.07. The monoisotopic (exact) mass is 188 g/mol. The van der Waals surface area contributed by atoms with Crippen molar-refractivity contribution in [1.29, 1.82) is 0 Å². The molecule has 0 saturated heterocycles. The second-order valence-corrected chi connectivity index (χ2v) is 3.09. The van der Waals surface area contributed by atoms with E-state index in [0.717, 1.165) is 17.1 Å². The Balaban J connectivity index is 2.47. The molecule has 72 valence electrons. The van der Waals surface area contributed by atoms with E-state index in [1.807, 2.05) is 31.2 Å². The van der Waals surface area contributed by atoms with Gasteiger partial charge in [-0.3, -0.25) is 0 Å². The summed E-state index contributed by atoms with van der Waals surface area (Å²) in [6.45, 7) is 2.46. The zero-order chi connectivity index (χ0) is 9.97. The molecule has 4 nitrogen and oxygen atoms in total. The van der Waals surface area contributed by atoms with Crippen molar-refractivity contribution in [3.05, 3.63) is 42.0 Å². The van der Waals surface area contributed by atoms with E-state index >= 15 is 0 Å². The first-order chi connectivity index (χ1) is 6.81. The van der Waals surface area contributed by atoms with Crippen LogP contribution in [-0.2, 0) is 6.54 Å². The van der Waals surface area contributed by atoms with Crippen LogP contribution in [0.2, 0.25) is 0 Å². The Kier molecular flexibility index (Phi) is 2.28. The highest BCUT2D eigenvalue weighted by atomic mass is 15.3. The molecule has 2 rings (SSSR count). The zero-order valence-corrected chi connectivity index (χ0v) is 8.01. The van der Waals surface area contributed by atoms with Crippen LogP contribution in [0.15, 0.2) is 30.6 Å². The average Bonchev–Trinajstić information content (AvgIpc) is 2.65. The molecule has 0 radical (unpaired) electrons. The quantitative estimate of drug-likeness (QED) is 0.766. The summed E-state index contributed by atoms with van der Waals surface area (Å²) in [6, 6.07) is 7.97. The molecule has 2 N–H and O–H groups in total. The predicted octanol–water partition coefficient (Wildman–Crippen LogP) is 1.03. The van der Waals surface area contributed by atoms with E-state index in [2.05, 4.69) is 10.1 Å². The topological polar surface area (TPSA) is 56.7 Å². The van der Waals surface area contributed by atoms with E-state index < -0.39 is 0 Å². The second kappa shape index (κ2) is 3.59. The smallest absolute Gasteiger partial charge is 0.138 e. The summed E-state index contributed by atoms with van der Waals surface area (Å²) in [5, 5.41) is 4.13. The van der Waals surface area contributed by atoms with Gasteiger partial charge < -0.3 is 5.73 Å². The van der Waals surface area contributed by atoms with Gasteiger partial charge in [-0.2, -0.15) is 5.10 Å². The molecule has 4 heteroatoms. The van der Waals surface area contributed by atoms with E-state index in [1.165, 1.54) is 0 Å². The molecule has 0 saturated carbocycles. The maximum absolute atomic E-state index is 5.56. The standard InChI is InChI=1S/C10H12N4/c1-8-12-7-13-14(8)10-4-2-3-9(5-10)6-11/h2-5,7H,6,11H2,1H3. The molecule has 2 aromatic rings. The van der Waals surface area contributed by atoms with Crippen molar-refractivity contribution < 1.29 is 0 Å². The van der Waals surface area contributed by atoms with Crippen LogP contribution in [0.4, 0.5) is 0 Å². The number of nitrogens with two attached hydrogens (primary N) is 1. The van der Waals surface area contributed by atoms with Crippen molar-refractivity contribution >= 4 is 0 Å². The van der Waals surface area contributed by atoms with Gasteiger partial charge in [-0.05, 0) is 24.6 Å². The van der Waals surface area contributed by atoms with Gasteiger partial charge in [0.2, 0.25) is 0 Å². The summed E-state index contributed by atoms with van der Waals surface area (Å²) in [5.41, 5.74) is 7.66. The van der Waals surface area contributed by atoms with Crippen LogP contribution in [0.3, 0.4) is 0 Å². The fraction of sp³-hybridized carbons (Fsp3) is 0.200. The van der Waals surface area contributed by atoms with E-state index in [4.69, 9.17) is 5.73 Å². The lowest BCUT2D eigenvalue weighted by Gasteiger charge is -2.04. The minimum absolute atomic E-state index is 0.543. The first kappa shape index (κ1) is 8.90. The number of aromatic nitrogens is 3. The molecule has 0 bridgehead atoms. The molecular weight excluding hydrogens is 176 g/mol. The van der Waals surface area contributed by atoms with Crippen LogP contribution in [0.25, 0.3) is 5.69 Å². The normalized spacial score (nSPS) is 10.4. The van der Waals surface area contributed by atoms with Gasteiger partial charge in [-0.15, -0.1) is 0 Å². The van der Waals surface area contributed by atoms with Crippen molar-refractivity contribution in [2.75, 3.05) is 0 Å². The summed E-state index contributed by atoms with van der Waals surface area (Å²) >= 11 is 0. The Labute approximate surface area is 82.4 Å². The predicted molar refractivity (Wildman–Crippen MR) is 54.0 cm³/mol. The van der Waals surface area contributed by atoms with Crippen LogP contribution in [0.1, 0.15) is 11.4 Å². The molecule has 1 heterocycles.